The molecule has 0 aliphatic carbocycles. The second-order valence-corrected chi connectivity index (χ2v) is 4.54. The summed E-state index contributed by atoms with van der Waals surface area (Å²) in [5.74, 6) is 0.612. The summed E-state index contributed by atoms with van der Waals surface area (Å²) in [6.07, 6.45) is 2.21. The van der Waals surface area contributed by atoms with Gasteiger partial charge in [0.25, 0.3) is 0 Å². The topological polar surface area (TPSA) is 86.7 Å². The molecule has 0 saturated carbocycles. The molecule has 0 aliphatic heterocycles. The van der Waals surface area contributed by atoms with Gasteiger partial charge in [0.1, 0.15) is 17.1 Å². The largest absolute Gasteiger partial charge is 0.497 e. The van der Waals surface area contributed by atoms with Crippen LogP contribution in [0.1, 0.15) is 10.5 Å². The van der Waals surface area contributed by atoms with E-state index < -0.39 is 4.92 Å². The Morgan fingerprint density at radius 2 is 2.14 bits per heavy atom. The average Bonchev–Trinajstić information content (AvgIpc) is 2.93. The van der Waals surface area contributed by atoms with Gasteiger partial charge >= 0.3 is 5.69 Å². The molecule has 0 spiro atoms. The van der Waals surface area contributed by atoms with Crippen LogP contribution < -0.4 is 4.74 Å². The first kappa shape index (κ1) is 13.7. The zero-order valence-electron chi connectivity index (χ0n) is 11.6. The Balaban J connectivity index is 2.32. The summed E-state index contributed by atoms with van der Waals surface area (Å²) in [5.41, 5.74) is 1.27. The van der Waals surface area contributed by atoms with Crippen molar-refractivity contribution >= 4 is 17.6 Å². The van der Waals surface area contributed by atoms with Crippen LogP contribution in [-0.2, 0) is 0 Å². The number of ether oxygens (including phenoxy) is 1. The van der Waals surface area contributed by atoms with Crippen LogP contribution in [0.15, 0.2) is 42.6 Å². The minimum Gasteiger partial charge on any atom is -0.497 e. The lowest BCUT2D eigenvalue weighted by Gasteiger charge is -2.02. The van der Waals surface area contributed by atoms with Crippen molar-refractivity contribution < 1.29 is 14.5 Å². The molecular weight excluding hydrogens is 286 g/mol. The second kappa shape index (κ2) is 5.28. The minimum atomic E-state index is -0.522. The van der Waals surface area contributed by atoms with Gasteiger partial charge in [-0.05, 0) is 18.2 Å². The highest BCUT2D eigenvalue weighted by Gasteiger charge is 2.20. The molecule has 22 heavy (non-hydrogen) atoms. The Bertz CT molecular complexity index is 886. The van der Waals surface area contributed by atoms with Crippen molar-refractivity contribution in [3.63, 3.8) is 0 Å². The third-order valence-corrected chi connectivity index (χ3v) is 3.32. The van der Waals surface area contributed by atoms with Crippen LogP contribution in [0.4, 0.5) is 5.69 Å². The molecule has 0 bridgehead atoms. The number of methoxy groups -OCH3 is 1. The standard InChI is InChI=1S/C15H11N3O4/c1-22-11-5-2-4-10(8-11)14-13(9-19)17-7-3-6-12(18(20)21)15(17)16-14/h2-9H,1H3. The highest BCUT2D eigenvalue weighted by molar-refractivity contribution is 5.87. The highest BCUT2D eigenvalue weighted by atomic mass is 16.6. The quantitative estimate of drug-likeness (QED) is 0.420. The number of hydrogen-bond acceptors (Lipinski definition) is 5. The van der Waals surface area contributed by atoms with E-state index in [-0.39, 0.29) is 17.0 Å². The predicted molar refractivity (Wildman–Crippen MR) is 79.2 cm³/mol. The molecule has 0 atom stereocenters. The fourth-order valence-electron chi connectivity index (χ4n) is 2.31. The summed E-state index contributed by atoms with van der Waals surface area (Å²) in [4.78, 5) is 26.3. The lowest BCUT2D eigenvalue weighted by Crippen LogP contribution is -1.95. The third-order valence-electron chi connectivity index (χ3n) is 3.32. The minimum absolute atomic E-state index is 0.132. The SMILES string of the molecule is COc1cccc(-c2nc3c([N+](=O)[O-])cccn3c2C=O)c1. The monoisotopic (exact) mass is 297 g/mol. The first-order chi connectivity index (χ1) is 10.7. The van der Waals surface area contributed by atoms with Gasteiger partial charge in [0.05, 0.1) is 12.0 Å². The number of nitro groups is 1. The van der Waals surface area contributed by atoms with Crippen LogP contribution in [0, 0.1) is 10.1 Å². The lowest BCUT2D eigenvalue weighted by molar-refractivity contribution is -0.383. The molecule has 0 saturated heterocycles. The van der Waals surface area contributed by atoms with Crippen LogP contribution in [0.2, 0.25) is 0 Å². The third kappa shape index (κ3) is 2.08. The van der Waals surface area contributed by atoms with Crippen LogP contribution in [0.25, 0.3) is 16.9 Å². The van der Waals surface area contributed by atoms with E-state index in [1.807, 2.05) is 0 Å². The Hall–Kier alpha value is -3.22. The number of imidazole rings is 1. The maximum atomic E-state index is 11.4. The Kier molecular flexibility index (Phi) is 3.30. The number of carbonyl (C=O) groups is 1. The van der Waals surface area contributed by atoms with Crippen molar-refractivity contribution in [1.29, 1.82) is 0 Å². The molecule has 0 fully saturated rings. The molecule has 0 unspecified atom stereocenters. The molecule has 3 rings (SSSR count). The van der Waals surface area contributed by atoms with Crippen LogP contribution in [0.3, 0.4) is 0 Å². The molecule has 0 N–H and O–H groups in total. The van der Waals surface area contributed by atoms with Gasteiger partial charge in [-0.15, -0.1) is 0 Å². The first-order valence-corrected chi connectivity index (χ1v) is 6.40. The molecule has 2 heterocycles. The summed E-state index contributed by atoms with van der Waals surface area (Å²) in [6.45, 7) is 0. The van der Waals surface area contributed by atoms with Crippen molar-refractivity contribution in [2.75, 3.05) is 7.11 Å². The van der Waals surface area contributed by atoms with Gasteiger partial charge in [0.15, 0.2) is 6.29 Å². The van der Waals surface area contributed by atoms with Gasteiger partial charge < -0.3 is 4.74 Å². The van der Waals surface area contributed by atoms with Crippen molar-refractivity contribution in [2.45, 2.75) is 0 Å². The van der Waals surface area contributed by atoms with E-state index in [0.29, 0.717) is 23.3 Å². The van der Waals surface area contributed by atoms with Crippen LogP contribution >= 0.6 is 0 Å². The van der Waals surface area contributed by atoms with E-state index in [9.17, 15) is 14.9 Å². The normalized spacial score (nSPS) is 10.6. The van der Waals surface area contributed by atoms with Crippen molar-refractivity contribution in [2.24, 2.45) is 0 Å². The van der Waals surface area contributed by atoms with Gasteiger partial charge in [-0.1, -0.05) is 12.1 Å². The summed E-state index contributed by atoms with van der Waals surface area (Å²) in [7, 11) is 1.54. The number of nitrogens with zero attached hydrogens (tertiary/aromatic N) is 3. The maximum absolute atomic E-state index is 11.4. The second-order valence-electron chi connectivity index (χ2n) is 4.54. The molecule has 2 aromatic heterocycles. The van der Waals surface area contributed by atoms with Gasteiger partial charge in [0, 0.05) is 17.8 Å². The van der Waals surface area contributed by atoms with Gasteiger partial charge in [-0.3, -0.25) is 19.3 Å². The zero-order valence-corrected chi connectivity index (χ0v) is 11.6. The van der Waals surface area contributed by atoms with Gasteiger partial charge in [-0.25, -0.2) is 4.98 Å². The predicted octanol–water partition coefficient (Wildman–Crippen LogP) is 2.73. The van der Waals surface area contributed by atoms with E-state index in [1.165, 1.54) is 23.6 Å². The van der Waals surface area contributed by atoms with E-state index in [2.05, 4.69) is 4.98 Å². The average molecular weight is 297 g/mol. The van der Waals surface area contributed by atoms with Crippen LogP contribution in [-0.4, -0.2) is 27.7 Å². The van der Waals surface area contributed by atoms with Crippen LogP contribution in [0.5, 0.6) is 5.75 Å². The number of rotatable bonds is 4. The number of aldehydes is 1. The molecule has 1 aromatic carbocycles. The van der Waals surface area contributed by atoms with E-state index in [4.69, 9.17) is 4.74 Å². The molecule has 7 heteroatoms. The summed E-state index contributed by atoms with van der Waals surface area (Å²) >= 11 is 0. The molecule has 0 amide bonds. The number of benzene rings is 1. The number of hydrogen-bond donors (Lipinski definition) is 0. The van der Waals surface area contributed by atoms with E-state index in [1.54, 1.807) is 30.5 Å². The van der Waals surface area contributed by atoms with Gasteiger partial charge in [-0.2, -0.15) is 0 Å². The van der Waals surface area contributed by atoms with Gasteiger partial charge in [0.2, 0.25) is 5.65 Å². The number of pyridine rings is 1. The van der Waals surface area contributed by atoms with E-state index in [0.717, 1.165) is 0 Å². The highest BCUT2D eigenvalue weighted by Crippen LogP contribution is 2.29. The van der Waals surface area contributed by atoms with E-state index >= 15 is 0 Å². The molecule has 7 nitrogen and oxygen atoms in total. The molecule has 0 aliphatic rings. The summed E-state index contributed by atoms with van der Waals surface area (Å²) in [6, 6.07) is 9.88. The molecule has 3 aromatic rings. The van der Waals surface area contributed by atoms with Crippen molar-refractivity contribution in [3.8, 4) is 17.0 Å². The number of carbonyl (C=O) groups excluding carboxylic acids is 1. The Morgan fingerprint density at radius 1 is 1.32 bits per heavy atom. The zero-order chi connectivity index (χ0) is 15.7. The molecule has 0 radical (unpaired) electrons. The van der Waals surface area contributed by atoms with Crippen molar-refractivity contribution in [3.05, 3.63) is 58.4 Å². The molecule has 110 valence electrons. The molecular formula is C15H11N3O4. The smallest absolute Gasteiger partial charge is 0.312 e. The lowest BCUT2D eigenvalue weighted by atomic mass is 10.1. The fraction of sp³-hybridized carbons (Fsp3) is 0.0667. The number of fused-ring (bicyclic) bond motifs is 1. The maximum Gasteiger partial charge on any atom is 0.312 e. The number of aromatic nitrogens is 2. The fourth-order valence-corrected chi connectivity index (χ4v) is 2.31. The Labute approximate surface area is 124 Å². The first-order valence-electron chi connectivity index (χ1n) is 6.40. The summed E-state index contributed by atoms with van der Waals surface area (Å²) < 4.78 is 6.57. The summed E-state index contributed by atoms with van der Waals surface area (Å²) in [5, 5.41) is 11.1. The Morgan fingerprint density at radius 3 is 2.82 bits per heavy atom. The van der Waals surface area contributed by atoms with Crippen molar-refractivity contribution in [1.82, 2.24) is 9.38 Å².